The van der Waals surface area contributed by atoms with E-state index in [1.54, 1.807) is 0 Å². The number of rotatable bonds is 2. The van der Waals surface area contributed by atoms with Crippen molar-refractivity contribution in [3.63, 3.8) is 0 Å². The van der Waals surface area contributed by atoms with Gasteiger partial charge in [0.05, 0.1) is 0 Å². The molecular formula is C19H21NS. The van der Waals surface area contributed by atoms with E-state index in [2.05, 4.69) is 53.4 Å². The van der Waals surface area contributed by atoms with Crippen molar-refractivity contribution in [2.24, 2.45) is 0 Å². The molecule has 1 saturated heterocycles. The van der Waals surface area contributed by atoms with Gasteiger partial charge in [-0.1, -0.05) is 79.7 Å². The highest BCUT2D eigenvalue weighted by Gasteiger charge is 2.13. The third kappa shape index (κ3) is 3.51. The first kappa shape index (κ1) is 14.3. The van der Waals surface area contributed by atoms with Crippen LogP contribution in [0.4, 0.5) is 0 Å². The van der Waals surface area contributed by atoms with Gasteiger partial charge in [0.2, 0.25) is 0 Å². The van der Waals surface area contributed by atoms with E-state index in [0.717, 1.165) is 18.1 Å². The van der Waals surface area contributed by atoms with E-state index in [-0.39, 0.29) is 0 Å². The third-order valence-corrected chi connectivity index (χ3v) is 4.63. The Morgan fingerprint density at radius 2 is 1.29 bits per heavy atom. The monoisotopic (exact) mass is 295 g/mol. The molecule has 0 unspecified atom stereocenters. The standard InChI is InChI=1S/C19H21NS/c21-19(20-14-6-1-2-7-15-20)18-12-10-17(11-13-18)16-8-4-3-5-9-16/h3-5,8-13H,1-2,6-7,14-15H2. The average molecular weight is 295 g/mol. The second kappa shape index (κ2) is 6.86. The molecule has 0 N–H and O–H groups in total. The summed E-state index contributed by atoms with van der Waals surface area (Å²) < 4.78 is 0. The maximum Gasteiger partial charge on any atom is 0.109 e. The van der Waals surface area contributed by atoms with E-state index < -0.39 is 0 Å². The van der Waals surface area contributed by atoms with Gasteiger partial charge >= 0.3 is 0 Å². The van der Waals surface area contributed by atoms with Crippen LogP contribution in [0.3, 0.4) is 0 Å². The van der Waals surface area contributed by atoms with Gasteiger partial charge in [-0.25, -0.2) is 0 Å². The fraction of sp³-hybridized carbons (Fsp3) is 0.316. The molecule has 0 saturated carbocycles. The van der Waals surface area contributed by atoms with Crippen LogP contribution in [0, 0.1) is 0 Å². The highest BCUT2D eigenvalue weighted by atomic mass is 32.1. The SMILES string of the molecule is S=C(c1ccc(-c2ccccc2)cc1)N1CCCCCC1. The lowest BCUT2D eigenvalue weighted by molar-refractivity contribution is 0.443. The van der Waals surface area contributed by atoms with Crippen LogP contribution in [-0.2, 0) is 0 Å². The van der Waals surface area contributed by atoms with Gasteiger partial charge in [0, 0.05) is 18.7 Å². The highest BCUT2D eigenvalue weighted by Crippen LogP contribution is 2.21. The summed E-state index contributed by atoms with van der Waals surface area (Å²) in [5, 5.41) is 0. The van der Waals surface area contributed by atoms with Crippen LogP contribution in [-0.4, -0.2) is 23.0 Å². The summed E-state index contributed by atoms with van der Waals surface area (Å²) in [6.45, 7) is 2.22. The van der Waals surface area contributed by atoms with Crippen molar-refractivity contribution in [2.45, 2.75) is 25.7 Å². The van der Waals surface area contributed by atoms with Crippen molar-refractivity contribution in [1.29, 1.82) is 0 Å². The van der Waals surface area contributed by atoms with Gasteiger partial charge in [-0.3, -0.25) is 0 Å². The summed E-state index contributed by atoms with van der Waals surface area (Å²) >= 11 is 5.69. The van der Waals surface area contributed by atoms with Crippen molar-refractivity contribution in [1.82, 2.24) is 4.90 Å². The summed E-state index contributed by atoms with van der Waals surface area (Å²) in [4.78, 5) is 3.39. The molecule has 1 nitrogen and oxygen atoms in total. The lowest BCUT2D eigenvalue weighted by Gasteiger charge is -2.23. The Balaban J connectivity index is 1.76. The van der Waals surface area contributed by atoms with Crippen molar-refractivity contribution in [3.05, 3.63) is 60.2 Å². The molecule has 3 rings (SSSR count). The molecule has 2 heteroatoms. The third-order valence-electron chi connectivity index (χ3n) is 4.13. The summed E-state index contributed by atoms with van der Waals surface area (Å²) in [5.74, 6) is 0. The predicted octanol–water partition coefficient (Wildman–Crippen LogP) is 4.91. The van der Waals surface area contributed by atoms with Crippen LogP contribution in [0.5, 0.6) is 0 Å². The summed E-state index contributed by atoms with van der Waals surface area (Å²) in [5.41, 5.74) is 3.68. The topological polar surface area (TPSA) is 3.24 Å². The molecule has 1 heterocycles. The molecule has 2 aromatic carbocycles. The van der Waals surface area contributed by atoms with E-state index in [1.165, 1.54) is 42.4 Å². The van der Waals surface area contributed by atoms with Crippen LogP contribution < -0.4 is 0 Å². The predicted molar refractivity (Wildman–Crippen MR) is 93.6 cm³/mol. The van der Waals surface area contributed by atoms with Crippen LogP contribution in [0.25, 0.3) is 11.1 Å². The Morgan fingerprint density at radius 3 is 1.90 bits per heavy atom. The fourth-order valence-electron chi connectivity index (χ4n) is 2.89. The second-order valence-corrected chi connectivity index (χ2v) is 6.04. The Bertz CT molecular complexity index is 581. The van der Waals surface area contributed by atoms with Gasteiger partial charge in [-0.2, -0.15) is 0 Å². The van der Waals surface area contributed by atoms with Crippen molar-refractivity contribution in [2.75, 3.05) is 13.1 Å². The fourth-order valence-corrected chi connectivity index (χ4v) is 3.21. The smallest absolute Gasteiger partial charge is 0.109 e. The molecule has 0 atom stereocenters. The molecule has 2 aromatic rings. The van der Waals surface area contributed by atoms with Gasteiger partial charge in [-0.05, 0) is 24.0 Å². The van der Waals surface area contributed by atoms with E-state index in [9.17, 15) is 0 Å². The maximum absolute atomic E-state index is 5.69. The molecule has 0 spiro atoms. The van der Waals surface area contributed by atoms with Gasteiger partial charge in [-0.15, -0.1) is 0 Å². The van der Waals surface area contributed by atoms with E-state index in [1.807, 2.05) is 6.07 Å². The lowest BCUT2D eigenvalue weighted by atomic mass is 10.0. The van der Waals surface area contributed by atoms with E-state index >= 15 is 0 Å². The molecule has 0 bridgehead atoms. The van der Waals surface area contributed by atoms with Crippen LogP contribution in [0.15, 0.2) is 54.6 Å². The quantitative estimate of drug-likeness (QED) is 0.725. The first-order chi connectivity index (χ1) is 10.3. The lowest BCUT2D eigenvalue weighted by Crippen LogP contribution is -2.30. The zero-order valence-electron chi connectivity index (χ0n) is 12.3. The normalized spacial score (nSPS) is 15.5. The minimum Gasteiger partial charge on any atom is -0.362 e. The zero-order valence-corrected chi connectivity index (χ0v) is 13.1. The molecule has 1 aliphatic heterocycles. The van der Waals surface area contributed by atoms with E-state index in [0.29, 0.717) is 0 Å². The number of hydrogen-bond donors (Lipinski definition) is 0. The molecule has 0 aromatic heterocycles. The summed E-state index contributed by atoms with van der Waals surface area (Å²) in [6, 6.07) is 19.2. The van der Waals surface area contributed by atoms with Crippen LogP contribution in [0.2, 0.25) is 0 Å². The van der Waals surface area contributed by atoms with Gasteiger partial charge in [0.1, 0.15) is 4.99 Å². The minimum absolute atomic E-state index is 1.01. The Kier molecular flexibility index (Phi) is 4.66. The van der Waals surface area contributed by atoms with Crippen molar-refractivity contribution >= 4 is 17.2 Å². The molecule has 21 heavy (non-hydrogen) atoms. The van der Waals surface area contributed by atoms with Gasteiger partial charge in [0.15, 0.2) is 0 Å². The second-order valence-electron chi connectivity index (χ2n) is 5.65. The van der Waals surface area contributed by atoms with Crippen LogP contribution >= 0.6 is 12.2 Å². The van der Waals surface area contributed by atoms with E-state index in [4.69, 9.17) is 12.2 Å². The summed E-state index contributed by atoms with van der Waals surface area (Å²) in [6.07, 6.45) is 5.21. The van der Waals surface area contributed by atoms with Gasteiger partial charge < -0.3 is 4.90 Å². The largest absolute Gasteiger partial charge is 0.362 e. The molecule has 0 amide bonds. The zero-order chi connectivity index (χ0) is 14.5. The summed E-state index contributed by atoms with van der Waals surface area (Å²) in [7, 11) is 0. The average Bonchev–Trinajstić information content (AvgIpc) is 2.84. The maximum atomic E-state index is 5.69. The van der Waals surface area contributed by atoms with Crippen molar-refractivity contribution in [3.8, 4) is 11.1 Å². The first-order valence-electron chi connectivity index (χ1n) is 7.79. The molecule has 0 radical (unpaired) electrons. The van der Waals surface area contributed by atoms with Gasteiger partial charge in [0.25, 0.3) is 0 Å². The minimum atomic E-state index is 1.01. The molecule has 1 fully saturated rings. The molecule has 108 valence electrons. The number of nitrogens with zero attached hydrogens (tertiary/aromatic N) is 1. The number of thiocarbonyl (C=S) groups is 1. The molecule has 1 aliphatic rings. The number of hydrogen-bond acceptors (Lipinski definition) is 1. The van der Waals surface area contributed by atoms with Crippen molar-refractivity contribution < 1.29 is 0 Å². The highest BCUT2D eigenvalue weighted by molar-refractivity contribution is 7.80. The Morgan fingerprint density at radius 1 is 0.714 bits per heavy atom. The van der Waals surface area contributed by atoms with Crippen LogP contribution in [0.1, 0.15) is 31.2 Å². The molecular weight excluding hydrogens is 274 g/mol. The Hall–Kier alpha value is -1.67. The number of benzene rings is 2. The first-order valence-corrected chi connectivity index (χ1v) is 8.20. The number of likely N-dealkylation sites (tertiary alicyclic amines) is 1. The molecule has 0 aliphatic carbocycles. The Labute approximate surface area is 132 Å².